The second-order valence-corrected chi connectivity index (χ2v) is 20.8. The molecule has 16 nitrogen and oxygen atoms in total. The number of fused-ring (bicyclic) bond motifs is 3. The van der Waals surface area contributed by atoms with Gasteiger partial charge in [-0.3, -0.25) is 19.2 Å². The third kappa shape index (κ3) is 14.2. The minimum Gasteiger partial charge on any atom is -0.460 e. The second kappa shape index (κ2) is 25.8. The van der Waals surface area contributed by atoms with Crippen molar-refractivity contribution in [2.75, 3.05) is 27.9 Å². The number of aliphatic hydroxyl groups excluding tert-OH is 1. The van der Waals surface area contributed by atoms with Crippen LogP contribution in [0.15, 0.2) is 53.9 Å². The molecular formula is C53H81N5O11. The van der Waals surface area contributed by atoms with Gasteiger partial charge in [0.05, 0.1) is 24.4 Å². The number of methoxy groups -OCH3 is 3. The summed E-state index contributed by atoms with van der Waals surface area (Å²) in [6.45, 7) is 15.0. The van der Waals surface area contributed by atoms with E-state index >= 15 is 0 Å². The second-order valence-electron chi connectivity index (χ2n) is 20.8. The molecule has 3 fully saturated rings. The third-order valence-corrected chi connectivity index (χ3v) is 15.6. The van der Waals surface area contributed by atoms with Crippen molar-refractivity contribution >= 4 is 29.2 Å². The number of nitrogens with zero attached hydrogens (tertiary/aromatic N) is 5. The van der Waals surface area contributed by atoms with Crippen molar-refractivity contribution in [2.24, 2.45) is 35.5 Å². The molecule has 1 amide bonds. The van der Waals surface area contributed by atoms with Gasteiger partial charge in [0.15, 0.2) is 5.78 Å². The number of carbonyl (C=O) groups is 5. The van der Waals surface area contributed by atoms with Crippen molar-refractivity contribution in [1.29, 1.82) is 0 Å². The summed E-state index contributed by atoms with van der Waals surface area (Å²) < 4.78 is 32.2. The van der Waals surface area contributed by atoms with Crippen LogP contribution in [0, 0.1) is 35.5 Å². The van der Waals surface area contributed by atoms with Gasteiger partial charge in [0.2, 0.25) is 0 Å². The zero-order valence-corrected chi connectivity index (χ0v) is 43.1. The Morgan fingerprint density at radius 1 is 0.884 bits per heavy atom. The van der Waals surface area contributed by atoms with E-state index in [1.165, 1.54) is 12.0 Å². The zero-order valence-electron chi connectivity index (χ0n) is 43.1. The van der Waals surface area contributed by atoms with Gasteiger partial charge in [-0.2, -0.15) is 0 Å². The molecule has 5 rings (SSSR count). The number of hydrogen-bond acceptors (Lipinski definition) is 14. The number of tetrazole rings is 1. The lowest BCUT2D eigenvalue weighted by molar-refractivity contribution is -0.184. The van der Waals surface area contributed by atoms with Crippen molar-refractivity contribution in [3.63, 3.8) is 0 Å². The zero-order chi connectivity index (χ0) is 50.6. The maximum Gasteiger partial charge on any atom is 0.329 e. The van der Waals surface area contributed by atoms with Crippen molar-refractivity contribution in [2.45, 2.75) is 187 Å². The van der Waals surface area contributed by atoms with E-state index in [1.54, 1.807) is 52.1 Å². The number of Topliss-reactive ketones (excluding diaryl/α,β-unsaturated/α-hetero) is 3. The van der Waals surface area contributed by atoms with Crippen LogP contribution in [0.2, 0.25) is 0 Å². The molecule has 1 N–H and O–H groups in total. The van der Waals surface area contributed by atoms with Crippen molar-refractivity contribution in [1.82, 2.24) is 25.1 Å². The lowest BCUT2D eigenvalue weighted by Crippen LogP contribution is -2.59. The number of ether oxygens (including phenoxy) is 5. The number of piperidine rings is 1. The Bertz CT molecular complexity index is 2020. The van der Waals surface area contributed by atoms with Crippen molar-refractivity contribution in [3.05, 3.63) is 53.9 Å². The van der Waals surface area contributed by atoms with Crippen LogP contribution in [-0.4, -0.2) is 136 Å². The van der Waals surface area contributed by atoms with Gasteiger partial charge in [0.1, 0.15) is 42.1 Å². The van der Waals surface area contributed by atoms with Crippen LogP contribution in [0.4, 0.5) is 0 Å². The molecule has 4 heterocycles. The average Bonchev–Trinajstić information content (AvgIpc) is 3.88. The molecule has 15 atom stereocenters. The molecule has 69 heavy (non-hydrogen) atoms. The Kier molecular flexibility index (Phi) is 20.8. The quantitative estimate of drug-likeness (QED) is 0.165. The molecule has 1 aromatic heterocycles. The third-order valence-electron chi connectivity index (χ3n) is 15.6. The maximum atomic E-state index is 14.6. The van der Waals surface area contributed by atoms with Crippen molar-refractivity contribution in [3.8, 4) is 0 Å². The summed E-state index contributed by atoms with van der Waals surface area (Å²) in [7, 11) is 4.71. The van der Waals surface area contributed by atoms with Crippen LogP contribution in [0.3, 0.4) is 0 Å². The SMILES string of the molecule is CO[C@H]1C[C@@H]2CC[C@@H](C)[C@@](C)(O2)C(=O)C(=O)N2CCCC[C@H]2C(=O)O[C@H]([C@H](C)C[C@@H]2CC[C@H](n3cnnn3)[C@H](OC)C2)CC(=O)[C@H](C)/C=C(\C)[C@@H](O)[C@@H](OC)C(=O)[C@H](C)C[C@H](C)/C=C/C=CC=C1C. The van der Waals surface area contributed by atoms with Gasteiger partial charge in [-0.05, 0) is 130 Å². The molecule has 2 saturated heterocycles. The Labute approximate surface area is 410 Å². The number of cyclic esters (lactones) is 1. The fourth-order valence-electron chi connectivity index (χ4n) is 11.0. The standard InChI is InChI=1S/C53H81N5O11/c1-32-17-13-12-14-18-33(2)44(65-9)29-40-22-20-38(7)53(8,69-40)50(62)51(63)57-24-16-15-19-42(57)52(64)68-45(35(4)27-39-21-23-41(46(28-39)66-10)58-31-54-55-56-58)30-43(59)34(3)26-37(6)48(61)49(67-11)47(60)36(5)25-32/h12-14,17-18,26,31-32,34-36,38-42,44-46,48-49,61H,15-16,19-25,27-30H2,1-11H3/b14-12?,17-13+,33-18?,37-26+/t32-,34-,35-,36-,38-,39+,40+,41+,42+,44+,45+,46-,48-,49+,53-/m1/s1. The molecular weight excluding hydrogens is 883 g/mol. The summed E-state index contributed by atoms with van der Waals surface area (Å²) in [4.78, 5) is 73.0. The van der Waals surface area contributed by atoms with Gasteiger partial charge < -0.3 is 33.7 Å². The molecule has 16 heteroatoms. The van der Waals surface area contributed by atoms with E-state index in [9.17, 15) is 29.1 Å². The highest BCUT2D eigenvalue weighted by atomic mass is 16.5. The van der Waals surface area contributed by atoms with E-state index in [1.807, 2.05) is 65.0 Å². The fraction of sp³-hybridized carbons (Fsp3) is 0.736. The summed E-state index contributed by atoms with van der Waals surface area (Å²) in [6.07, 6.45) is 15.6. The van der Waals surface area contributed by atoms with Crippen LogP contribution in [0.25, 0.3) is 0 Å². The van der Waals surface area contributed by atoms with E-state index in [0.717, 1.165) is 18.4 Å². The van der Waals surface area contributed by atoms with Crippen LogP contribution >= 0.6 is 0 Å². The smallest absolute Gasteiger partial charge is 0.329 e. The van der Waals surface area contributed by atoms with Crippen molar-refractivity contribution < 1.29 is 52.8 Å². The van der Waals surface area contributed by atoms with E-state index in [2.05, 4.69) is 15.5 Å². The number of hydrogen-bond donors (Lipinski definition) is 1. The lowest BCUT2D eigenvalue weighted by Gasteiger charge is -2.44. The van der Waals surface area contributed by atoms with E-state index in [0.29, 0.717) is 63.4 Å². The number of amides is 1. The van der Waals surface area contributed by atoms with E-state index in [4.69, 9.17) is 23.7 Å². The van der Waals surface area contributed by atoms with Crippen LogP contribution in [-0.2, 0) is 47.7 Å². The molecule has 1 saturated carbocycles. The van der Waals surface area contributed by atoms with Gasteiger partial charge in [-0.25, -0.2) is 9.48 Å². The highest BCUT2D eigenvalue weighted by Gasteiger charge is 2.51. The fourth-order valence-corrected chi connectivity index (χ4v) is 11.0. The van der Waals surface area contributed by atoms with Crippen LogP contribution in [0.1, 0.15) is 138 Å². The Morgan fingerprint density at radius 3 is 2.32 bits per heavy atom. The summed E-state index contributed by atoms with van der Waals surface area (Å²) in [6, 6.07) is -1.07. The van der Waals surface area contributed by atoms with Gasteiger partial charge in [-0.15, -0.1) is 5.10 Å². The van der Waals surface area contributed by atoms with Crippen LogP contribution < -0.4 is 0 Å². The molecule has 0 radical (unpaired) electrons. The Balaban J connectivity index is 1.46. The molecule has 1 aromatic rings. The monoisotopic (exact) mass is 964 g/mol. The Hall–Kier alpha value is -4.22. The minimum atomic E-state index is -1.43. The predicted octanol–water partition coefficient (Wildman–Crippen LogP) is 7.12. The largest absolute Gasteiger partial charge is 0.460 e. The Morgan fingerprint density at radius 2 is 1.64 bits per heavy atom. The van der Waals surface area contributed by atoms with Crippen LogP contribution in [0.5, 0.6) is 0 Å². The predicted molar refractivity (Wildman–Crippen MR) is 259 cm³/mol. The first kappa shape index (κ1) is 55.7. The summed E-state index contributed by atoms with van der Waals surface area (Å²) in [5.74, 6) is -4.08. The highest BCUT2D eigenvalue weighted by Crippen LogP contribution is 2.40. The van der Waals surface area contributed by atoms with E-state index in [-0.39, 0.29) is 72.6 Å². The molecule has 0 unspecified atom stereocenters. The van der Waals surface area contributed by atoms with Gasteiger partial charge in [0, 0.05) is 52.6 Å². The van der Waals surface area contributed by atoms with Gasteiger partial charge in [-0.1, -0.05) is 71.1 Å². The molecule has 1 aliphatic carbocycles. The number of ketones is 3. The number of aromatic nitrogens is 4. The normalized spacial score (nSPS) is 37.5. The number of rotatable bonds is 7. The van der Waals surface area contributed by atoms with E-state index < -0.39 is 59.5 Å². The minimum absolute atomic E-state index is 0.0340. The number of allylic oxidation sites excluding steroid dienone is 6. The molecule has 4 aliphatic rings. The number of carbonyl (C=O) groups excluding carboxylic acids is 5. The molecule has 0 aromatic carbocycles. The summed E-state index contributed by atoms with van der Waals surface area (Å²) in [5.41, 5.74) is -0.0597. The maximum absolute atomic E-state index is 14.6. The first-order valence-corrected chi connectivity index (χ1v) is 25.3. The first-order chi connectivity index (χ1) is 32.8. The lowest BCUT2D eigenvalue weighted by atomic mass is 9.77. The summed E-state index contributed by atoms with van der Waals surface area (Å²) in [5, 5.41) is 23.3. The molecule has 384 valence electrons. The molecule has 0 spiro atoms. The van der Waals surface area contributed by atoms with Gasteiger partial charge in [0.25, 0.3) is 11.7 Å². The molecule has 2 bridgehead atoms. The first-order valence-electron chi connectivity index (χ1n) is 25.3. The average molecular weight is 964 g/mol. The summed E-state index contributed by atoms with van der Waals surface area (Å²) >= 11 is 0. The number of aliphatic hydroxyl groups is 1. The topological polar surface area (TPSA) is 199 Å². The number of esters is 1. The highest BCUT2D eigenvalue weighted by molar-refractivity contribution is 6.39. The molecule has 3 aliphatic heterocycles. The van der Waals surface area contributed by atoms with Gasteiger partial charge >= 0.3 is 5.97 Å².